The highest BCUT2D eigenvalue weighted by atomic mass is 16.2. The highest BCUT2D eigenvalue weighted by Crippen LogP contribution is 2.29. The van der Waals surface area contributed by atoms with E-state index in [-0.39, 0.29) is 11.8 Å². The number of rotatable bonds is 5. The van der Waals surface area contributed by atoms with E-state index >= 15 is 0 Å². The molecule has 0 aliphatic heterocycles. The molecule has 0 bridgehead atoms. The van der Waals surface area contributed by atoms with Crippen LogP contribution in [0.3, 0.4) is 0 Å². The third-order valence-corrected chi connectivity index (χ3v) is 6.69. The van der Waals surface area contributed by atoms with Crippen molar-refractivity contribution in [2.75, 3.05) is 13.1 Å². The van der Waals surface area contributed by atoms with Crippen LogP contribution < -0.4 is 10.6 Å². The average molecular weight is 469 g/mol. The van der Waals surface area contributed by atoms with Gasteiger partial charge < -0.3 is 10.6 Å². The maximum Gasteiger partial charge on any atom is 0.252 e. The molecule has 36 heavy (non-hydrogen) atoms. The molecule has 0 saturated heterocycles. The summed E-state index contributed by atoms with van der Waals surface area (Å²) in [6, 6.07) is 35.9. The third-order valence-electron chi connectivity index (χ3n) is 6.69. The molecule has 4 nitrogen and oxygen atoms in total. The molecule has 0 fully saturated rings. The first kappa shape index (κ1) is 21.8. The molecule has 0 atom stereocenters. The Hall–Kier alpha value is -4.70. The summed E-state index contributed by atoms with van der Waals surface area (Å²) in [6.07, 6.45) is 0. The molecule has 0 spiro atoms. The maximum atomic E-state index is 13.3. The molecule has 4 heteroatoms. The molecule has 6 rings (SSSR count). The summed E-state index contributed by atoms with van der Waals surface area (Å²) in [7, 11) is 0. The number of nitrogens with one attached hydrogen (secondary N) is 2. The van der Waals surface area contributed by atoms with Gasteiger partial charge in [-0.1, -0.05) is 97.1 Å². The predicted molar refractivity (Wildman–Crippen MR) is 148 cm³/mol. The van der Waals surface area contributed by atoms with E-state index in [4.69, 9.17) is 0 Å². The summed E-state index contributed by atoms with van der Waals surface area (Å²) in [4.78, 5) is 26.6. The number of carbonyl (C=O) groups excluding carboxylic acids is 2. The molecule has 174 valence electrons. The predicted octanol–water partition coefficient (Wildman–Crippen LogP) is 6.46. The molecule has 0 radical (unpaired) electrons. The lowest BCUT2D eigenvalue weighted by atomic mass is 9.96. The van der Waals surface area contributed by atoms with Crippen molar-refractivity contribution in [3.63, 3.8) is 0 Å². The van der Waals surface area contributed by atoms with Crippen molar-refractivity contribution in [3.05, 3.63) is 120 Å². The van der Waals surface area contributed by atoms with Crippen molar-refractivity contribution < 1.29 is 9.59 Å². The van der Waals surface area contributed by atoms with Gasteiger partial charge in [-0.3, -0.25) is 9.59 Å². The van der Waals surface area contributed by atoms with Gasteiger partial charge in [-0.15, -0.1) is 0 Å². The first-order valence-corrected chi connectivity index (χ1v) is 12.1. The zero-order chi connectivity index (χ0) is 24.5. The number of fused-ring (bicyclic) bond motifs is 4. The Morgan fingerprint density at radius 3 is 1.03 bits per heavy atom. The number of amides is 2. The van der Waals surface area contributed by atoms with Crippen molar-refractivity contribution in [1.29, 1.82) is 0 Å². The molecule has 0 unspecified atom stereocenters. The normalized spacial score (nSPS) is 11.2. The van der Waals surface area contributed by atoms with Crippen molar-refractivity contribution >= 4 is 54.9 Å². The van der Waals surface area contributed by atoms with Crippen LogP contribution >= 0.6 is 0 Å². The monoisotopic (exact) mass is 468 g/mol. The van der Waals surface area contributed by atoms with E-state index in [0.29, 0.717) is 24.2 Å². The van der Waals surface area contributed by atoms with Crippen LogP contribution in [-0.4, -0.2) is 24.9 Å². The van der Waals surface area contributed by atoms with Crippen molar-refractivity contribution in [1.82, 2.24) is 10.6 Å². The molecule has 2 amide bonds. The Kier molecular flexibility index (Phi) is 5.55. The minimum Gasteiger partial charge on any atom is -0.350 e. The van der Waals surface area contributed by atoms with Crippen molar-refractivity contribution in [2.45, 2.75) is 0 Å². The second-order valence-electron chi connectivity index (χ2n) is 8.90. The van der Waals surface area contributed by atoms with Gasteiger partial charge in [0.15, 0.2) is 0 Å². The van der Waals surface area contributed by atoms with Crippen molar-refractivity contribution in [2.24, 2.45) is 0 Å². The quantitative estimate of drug-likeness (QED) is 0.225. The van der Waals surface area contributed by atoms with E-state index in [2.05, 4.69) is 22.8 Å². The summed E-state index contributed by atoms with van der Waals surface area (Å²) < 4.78 is 0. The fourth-order valence-corrected chi connectivity index (χ4v) is 5.05. The Bertz CT molecular complexity index is 1550. The van der Waals surface area contributed by atoms with E-state index in [1.807, 2.05) is 97.1 Å². The fraction of sp³-hybridized carbons (Fsp3) is 0.0625. The minimum absolute atomic E-state index is 0.146. The number of carbonyl (C=O) groups is 2. The molecule has 0 aromatic heterocycles. The van der Waals surface area contributed by atoms with Crippen LogP contribution in [0.25, 0.3) is 43.1 Å². The van der Waals surface area contributed by atoms with Crippen LogP contribution in [-0.2, 0) is 0 Å². The van der Waals surface area contributed by atoms with Gasteiger partial charge in [0.05, 0.1) is 11.1 Å². The highest BCUT2D eigenvalue weighted by molar-refractivity contribution is 6.19. The van der Waals surface area contributed by atoms with Crippen LogP contribution in [0, 0.1) is 0 Å². The van der Waals surface area contributed by atoms with Crippen LogP contribution in [0.5, 0.6) is 0 Å². The summed E-state index contributed by atoms with van der Waals surface area (Å²) in [5, 5.41) is 13.8. The van der Waals surface area contributed by atoms with Crippen LogP contribution in [0.1, 0.15) is 20.7 Å². The van der Waals surface area contributed by atoms with Gasteiger partial charge in [0.25, 0.3) is 11.8 Å². The molecular weight excluding hydrogens is 444 g/mol. The number of hydrogen-bond acceptors (Lipinski definition) is 2. The Morgan fingerprint density at radius 2 is 0.722 bits per heavy atom. The van der Waals surface area contributed by atoms with Crippen molar-refractivity contribution in [3.8, 4) is 0 Å². The molecular formula is C32H24N2O2. The van der Waals surface area contributed by atoms with Gasteiger partial charge in [0, 0.05) is 13.1 Å². The van der Waals surface area contributed by atoms with Gasteiger partial charge >= 0.3 is 0 Å². The highest BCUT2D eigenvalue weighted by Gasteiger charge is 2.16. The lowest BCUT2D eigenvalue weighted by molar-refractivity contribution is 0.0931. The lowest BCUT2D eigenvalue weighted by Gasteiger charge is -2.14. The second-order valence-corrected chi connectivity index (χ2v) is 8.90. The summed E-state index contributed by atoms with van der Waals surface area (Å²) in [5.41, 5.74) is 1.32. The molecule has 0 aliphatic carbocycles. The molecule has 6 aromatic rings. The number of benzene rings is 6. The van der Waals surface area contributed by atoms with E-state index in [1.165, 1.54) is 0 Å². The van der Waals surface area contributed by atoms with E-state index < -0.39 is 0 Å². The van der Waals surface area contributed by atoms with Gasteiger partial charge in [0.2, 0.25) is 0 Å². The molecule has 2 N–H and O–H groups in total. The van der Waals surface area contributed by atoms with Crippen LogP contribution in [0.2, 0.25) is 0 Å². The van der Waals surface area contributed by atoms with Crippen LogP contribution in [0.15, 0.2) is 109 Å². The van der Waals surface area contributed by atoms with Gasteiger partial charge in [-0.05, 0) is 55.2 Å². The zero-order valence-electron chi connectivity index (χ0n) is 19.6. The van der Waals surface area contributed by atoms with Gasteiger partial charge in [0.1, 0.15) is 0 Å². The molecule has 0 heterocycles. The van der Waals surface area contributed by atoms with E-state index in [1.54, 1.807) is 0 Å². The Balaban J connectivity index is 1.23. The topological polar surface area (TPSA) is 58.2 Å². The Labute approximate surface area is 208 Å². The fourth-order valence-electron chi connectivity index (χ4n) is 5.05. The minimum atomic E-state index is -0.146. The van der Waals surface area contributed by atoms with Gasteiger partial charge in [-0.25, -0.2) is 0 Å². The maximum absolute atomic E-state index is 13.3. The Morgan fingerprint density at radius 1 is 0.444 bits per heavy atom. The lowest BCUT2D eigenvalue weighted by Crippen LogP contribution is -2.35. The average Bonchev–Trinajstić information content (AvgIpc) is 2.92. The van der Waals surface area contributed by atoms with Crippen LogP contribution in [0.4, 0.5) is 0 Å². The van der Waals surface area contributed by atoms with Gasteiger partial charge in [-0.2, -0.15) is 0 Å². The molecule has 0 aliphatic rings. The van der Waals surface area contributed by atoms with E-state index in [0.717, 1.165) is 43.1 Å². The SMILES string of the molecule is O=C(NCCNC(=O)c1c2ccccc2cc2ccccc12)c1c2ccccc2cc2ccccc12. The second kappa shape index (κ2) is 9.16. The summed E-state index contributed by atoms with van der Waals surface area (Å²) >= 11 is 0. The van der Waals surface area contributed by atoms with E-state index in [9.17, 15) is 9.59 Å². The smallest absolute Gasteiger partial charge is 0.252 e. The number of hydrogen-bond donors (Lipinski definition) is 2. The zero-order valence-corrected chi connectivity index (χ0v) is 19.6. The molecule has 6 aromatic carbocycles. The summed E-state index contributed by atoms with van der Waals surface area (Å²) in [6.45, 7) is 0.648. The third kappa shape index (κ3) is 3.83. The first-order valence-electron chi connectivity index (χ1n) is 12.1. The largest absolute Gasteiger partial charge is 0.350 e. The molecule has 0 saturated carbocycles. The standard InChI is InChI=1S/C32H24N2O2/c35-31(29-25-13-5-1-9-21(25)19-22-10-2-6-14-26(22)29)33-17-18-34-32(36)30-27-15-7-3-11-23(27)20-24-12-4-8-16-28(24)30/h1-16,19-20H,17-18H2,(H,33,35)(H,34,36). The summed E-state index contributed by atoms with van der Waals surface area (Å²) in [5.74, 6) is -0.291. The first-order chi connectivity index (χ1) is 17.7.